The van der Waals surface area contributed by atoms with Crippen molar-refractivity contribution in [2.45, 2.75) is 45.6 Å². The third kappa shape index (κ3) is 1.95. The molecule has 0 bridgehead atoms. The number of likely N-dealkylation sites (tertiary alicyclic amines) is 1. The molecule has 3 N–H and O–H groups in total. The third-order valence-electron chi connectivity index (χ3n) is 3.67. The first-order valence-corrected chi connectivity index (χ1v) is 5.56. The molecule has 15 heavy (non-hydrogen) atoms. The summed E-state index contributed by atoms with van der Waals surface area (Å²) in [7, 11) is 0. The van der Waals surface area contributed by atoms with Crippen LogP contribution in [0.15, 0.2) is 0 Å². The molecule has 4 heteroatoms. The van der Waals surface area contributed by atoms with Crippen LogP contribution in [0.1, 0.15) is 40.0 Å². The molecule has 1 rings (SSSR count). The Labute approximate surface area is 91.4 Å². The average Bonchev–Trinajstić information content (AvgIpc) is 2.48. The summed E-state index contributed by atoms with van der Waals surface area (Å²) < 4.78 is 0. The second-order valence-corrected chi connectivity index (χ2v) is 5.36. The minimum absolute atomic E-state index is 0.0543. The zero-order valence-electron chi connectivity index (χ0n) is 9.92. The number of rotatable bonds is 2. The maximum atomic E-state index is 11.2. The van der Waals surface area contributed by atoms with E-state index in [1.165, 1.54) is 0 Å². The molecule has 0 saturated carbocycles. The smallest absolute Gasteiger partial charge is 0.407 e. The second kappa shape index (κ2) is 4.00. The predicted octanol–water partition coefficient (Wildman–Crippen LogP) is 1.89. The van der Waals surface area contributed by atoms with Gasteiger partial charge in [0.2, 0.25) is 0 Å². The fourth-order valence-corrected chi connectivity index (χ4v) is 2.81. The summed E-state index contributed by atoms with van der Waals surface area (Å²) in [6, 6.07) is 0. The maximum absolute atomic E-state index is 11.2. The largest absolute Gasteiger partial charge is 0.465 e. The molecule has 0 aromatic carbocycles. The first-order chi connectivity index (χ1) is 6.85. The number of hydrogen-bond acceptors (Lipinski definition) is 2. The maximum Gasteiger partial charge on any atom is 0.407 e. The molecular weight excluding hydrogens is 192 g/mol. The Balaban J connectivity index is 3.04. The minimum atomic E-state index is -0.809. The zero-order valence-corrected chi connectivity index (χ0v) is 9.92. The number of nitrogens with zero attached hydrogens (tertiary/aromatic N) is 1. The van der Waals surface area contributed by atoms with Crippen molar-refractivity contribution in [2.75, 3.05) is 13.1 Å². The first kappa shape index (κ1) is 12.3. The van der Waals surface area contributed by atoms with Gasteiger partial charge in [-0.1, -0.05) is 20.8 Å². The highest BCUT2D eigenvalue weighted by molar-refractivity contribution is 5.67. The Morgan fingerprint density at radius 3 is 2.53 bits per heavy atom. The topological polar surface area (TPSA) is 66.6 Å². The van der Waals surface area contributed by atoms with Crippen molar-refractivity contribution in [3.63, 3.8) is 0 Å². The number of carboxylic acid groups (broad SMARTS) is 1. The summed E-state index contributed by atoms with van der Waals surface area (Å²) in [5, 5.41) is 9.22. The van der Waals surface area contributed by atoms with Crippen LogP contribution in [0, 0.1) is 5.41 Å². The summed E-state index contributed by atoms with van der Waals surface area (Å²) in [5.41, 5.74) is 5.31. The van der Waals surface area contributed by atoms with Crippen molar-refractivity contribution in [2.24, 2.45) is 11.1 Å². The third-order valence-corrected chi connectivity index (χ3v) is 3.67. The van der Waals surface area contributed by atoms with Crippen LogP contribution in [-0.2, 0) is 0 Å². The normalized spacial score (nSPS) is 27.1. The summed E-state index contributed by atoms with van der Waals surface area (Å²) >= 11 is 0. The molecule has 0 aromatic heterocycles. The van der Waals surface area contributed by atoms with Gasteiger partial charge in [-0.25, -0.2) is 4.79 Å². The highest BCUT2D eigenvalue weighted by Crippen LogP contribution is 2.45. The molecule has 1 saturated heterocycles. The number of nitrogens with two attached hydrogens (primary N) is 1. The van der Waals surface area contributed by atoms with E-state index >= 15 is 0 Å². The molecule has 0 aliphatic carbocycles. The lowest BCUT2D eigenvalue weighted by atomic mass is 9.70. The molecular formula is C11H22N2O2. The lowest BCUT2D eigenvalue weighted by Crippen LogP contribution is -2.56. The van der Waals surface area contributed by atoms with Crippen LogP contribution in [-0.4, -0.2) is 34.7 Å². The minimum Gasteiger partial charge on any atom is -0.465 e. The van der Waals surface area contributed by atoms with Gasteiger partial charge in [0.25, 0.3) is 0 Å². The molecule has 1 aliphatic rings. The van der Waals surface area contributed by atoms with E-state index in [4.69, 9.17) is 5.73 Å². The fourth-order valence-electron chi connectivity index (χ4n) is 2.81. The van der Waals surface area contributed by atoms with E-state index in [1.807, 2.05) is 0 Å². The highest BCUT2D eigenvalue weighted by Gasteiger charge is 2.50. The van der Waals surface area contributed by atoms with Crippen LogP contribution in [0.3, 0.4) is 0 Å². The number of hydrogen-bond donors (Lipinski definition) is 2. The monoisotopic (exact) mass is 214 g/mol. The van der Waals surface area contributed by atoms with Crippen LogP contribution in [0.2, 0.25) is 0 Å². The molecule has 1 aliphatic heterocycles. The van der Waals surface area contributed by atoms with Gasteiger partial charge < -0.3 is 15.7 Å². The number of amides is 1. The quantitative estimate of drug-likeness (QED) is 0.737. The Kier molecular flexibility index (Phi) is 3.28. The summed E-state index contributed by atoms with van der Waals surface area (Å²) in [5.74, 6) is 0. The van der Waals surface area contributed by atoms with E-state index in [9.17, 15) is 9.90 Å². The van der Waals surface area contributed by atoms with Gasteiger partial charge in [0, 0.05) is 6.54 Å². The Morgan fingerprint density at radius 2 is 2.13 bits per heavy atom. The Bertz CT molecular complexity index is 247. The average molecular weight is 214 g/mol. The van der Waals surface area contributed by atoms with E-state index in [1.54, 1.807) is 4.90 Å². The van der Waals surface area contributed by atoms with Gasteiger partial charge >= 0.3 is 6.09 Å². The molecule has 0 aromatic rings. The summed E-state index contributed by atoms with van der Waals surface area (Å²) in [6.45, 7) is 7.49. The standard InChI is InChI=1S/C11H22N2O2/c1-10(2,3)11(6-7-12)5-4-8-13(11)9(14)15/h4-8,12H2,1-3H3,(H,14,15)/t11-/m1/s1. The van der Waals surface area contributed by atoms with E-state index in [0.717, 1.165) is 19.3 Å². The lowest BCUT2D eigenvalue weighted by Gasteiger charge is -2.47. The Morgan fingerprint density at radius 1 is 1.53 bits per heavy atom. The molecule has 0 spiro atoms. The summed E-state index contributed by atoms with van der Waals surface area (Å²) in [6.07, 6.45) is 1.82. The molecule has 1 fully saturated rings. The van der Waals surface area contributed by atoms with Crippen molar-refractivity contribution in [1.82, 2.24) is 4.90 Å². The van der Waals surface area contributed by atoms with E-state index in [-0.39, 0.29) is 11.0 Å². The van der Waals surface area contributed by atoms with Gasteiger partial charge in [-0.3, -0.25) is 0 Å². The van der Waals surface area contributed by atoms with Crippen LogP contribution < -0.4 is 5.73 Å². The molecule has 1 atom stereocenters. The van der Waals surface area contributed by atoms with E-state index in [2.05, 4.69) is 20.8 Å². The zero-order chi connectivity index (χ0) is 11.7. The predicted molar refractivity (Wildman–Crippen MR) is 59.8 cm³/mol. The highest BCUT2D eigenvalue weighted by atomic mass is 16.4. The van der Waals surface area contributed by atoms with E-state index < -0.39 is 6.09 Å². The molecule has 4 nitrogen and oxygen atoms in total. The second-order valence-electron chi connectivity index (χ2n) is 5.36. The first-order valence-electron chi connectivity index (χ1n) is 5.56. The van der Waals surface area contributed by atoms with E-state index in [0.29, 0.717) is 13.1 Å². The fraction of sp³-hybridized carbons (Fsp3) is 0.909. The van der Waals surface area contributed by atoms with Crippen LogP contribution in [0.25, 0.3) is 0 Å². The molecule has 0 radical (unpaired) electrons. The lowest BCUT2D eigenvalue weighted by molar-refractivity contribution is 0.0260. The van der Waals surface area contributed by atoms with Crippen molar-refractivity contribution in [3.05, 3.63) is 0 Å². The van der Waals surface area contributed by atoms with Crippen LogP contribution in [0.4, 0.5) is 4.79 Å². The molecule has 0 unspecified atom stereocenters. The Hall–Kier alpha value is -0.770. The van der Waals surface area contributed by atoms with Gasteiger partial charge in [0.05, 0.1) is 5.54 Å². The molecule has 88 valence electrons. The van der Waals surface area contributed by atoms with Gasteiger partial charge in [0.15, 0.2) is 0 Å². The SMILES string of the molecule is CC(C)(C)[C@]1(CCN)CCCN1C(=O)O. The van der Waals surface area contributed by atoms with Crippen LogP contribution >= 0.6 is 0 Å². The van der Waals surface area contributed by atoms with Gasteiger partial charge in [-0.15, -0.1) is 0 Å². The van der Waals surface area contributed by atoms with Crippen molar-refractivity contribution < 1.29 is 9.90 Å². The van der Waals surface area contributed by atoms with Crippen molar-refractivity contribution in [1.29, 1.82) is 0 Å². The number of carbonyl (C=O) groups is 1. The van der Waals surface area contributed by atoms with Gasteiger partial charge in [0.1, 0.15) is 0 Å². The molecule has 1 heterocycles. The summed E-state index contributed by atoms with van der Waals surface area (Å²) in [4.78, 5) is 12.8. The van der Waals surface area contributed by atoms with Gasteiger partial charge in [-0.2, -0.15) is 0 Å². The molecule has 1 amide bonds. The van der Waals surface area contributed by atoms with Gasteiger partial charge in [-0.05, 0) is 31.2 Å². The van der Waals surface area contributed by atoms with Crippen molar-refractivity contribution in [3.8, 4) is 0 Å². The van der Waals surface area contributed by atoms with Crippen molar-refractivity contribution >= 4 is 6.09 Å². The van der Waals surface area contributed by atoms with Crippen LogP contribution in [0.5, 0.6) is 0 Å².